The Morgan fingerprint density at radius 1 is 1.24 bits per heavy atom. The maximum atomic E-state index is 13.6. The van der Waals surface area contributed by atoms with Crippen molar-refractivity contribution in [2.75, 3.05) is 17.3 Å². The van der Waals surface area contributed by atoms with Crippen LogP contribution in [0, 0.1) is 5.82 Å². The van der Waals surface area contributed by atoms with Crippen LogP contribution in [0.1, 0.15) is 17.3 Å². The van der Waals surface area contributed by atoms with E-state index in [0.29, 0.717) is 18.0 Å². The number of benzene rings is 2. The molecule has 6 heteroatoms. The van der Waals surface area contributed by atoms with Gasteiger partial charge in [0.15, 0.2) is 0 Å². The first-order chi connectivity index (χ1) is 10.2. The summed E-state index contributed by atoms with van der Waals surface area (Å²) in [5, 5.41) is 2.69. The van der Waals surface area contributed by atoms with E-state index in [-0.39, 0.29) is 11.3 Å². The number of amides is 1. The highest BCUT2D eigenvalue weighted by Gasteiger charge is 2.15. The minimum absolute atomic E-state index is 0.0520. The van der Waals surface area contributed by atoms with Crippen LogP contribution in [0.15, 0.2) is 42.5 Å². The third-order valence-electron chi connectivity index (χ3n) is 2.84. The Morgan fingerprint density at radius 3 is 2.71 bits per heavy atom. The molecular weight excluding hydrogens is 273 g/mol. The van der Waals surface area contributed by atoms with Gasteiger partial charge in [0.1, 0.15) is 11.6 Å². The van der Waals surface area contributed by atoms with Crippen molar-refractivity contribution < 1.29 is 13.9 Å². The van der Waals surface area contributed by atoms with Crippen LogP contribution in [0.4, 0.5) is 15.8 Å². The zero-order chi connectivity index (χ0) is 15.2. The fraction of sp³-hybridized carbons (Fsp3) is 0.133. The highest BCUT2D eigenvalue weighted by atomic mass is 19.1. The van der Waals surface area contributed by atoms with Crippen LogP contribution < -0.4 is 21.3 Å². The van der Waals surface area contributed by atoms with E-state index in [2.05, 4.69) is 10.7 Å². The van der Waals surface area contributed by atoms with Crippen molar-refractivity contribution in [1.82, 2.24) is 0 Å². The number of ether oxygens (including phenoxy) is 1. The average Bonchev–Trinajstić information content (AvgIpc) is 2.49. The number of hydrazine groups is 1. The molecule has 0 radical (unpaired) electrons. The molecule has 2 aromatic rings. The molecule has 0 aliphatic heterocycles. The minimum atomic E-state index is -0.594. The normalized spacial score (nSPS) is 10.0. The summed E-state index contributed by atoms with van der Waals surface area (Å²) < 4.78 is 19.0. The molecule has 0 bridgehead atoms. The summed E-state index contributed by atoms with van der Waals surface area (Å²) >= 11 is 0. The Bertz CT molecular complexity index is 647. The smallest absolute Gasteiger partial charge is 0.258 e. The Hall–Kier alpha value is -2.60. The second kappa shape index (κ2) is 6.71. The third-order valence-corrected chi connectivity index (χ3v) is 2.84. The molecule has 2 aromatic carbocycles. The molecule has 2 rings (SSSR count). The quantitative estimate of drug-likeness (QED) is 0.584. The maximum absolute atomic E-state index is 13.6. The summed E-state index contributed by atoms with van der Waals surface area (Å²) in [7, 11) is 0. The molecule has 0 unspecified atom stereocenters. The predicted octanol–water partition coefficient (Wildman–Crippen LogP) is 2.76. The Labute approximate surface area is 121 Å². The molecule has 21 heavy (non-hydrogen) atoms. The molecule has 0 atom stereocenters. The van der Waals surface area contributed by atoms with Gasteiger partial charge in [-0.2, -0.15) is 0 Å². The molecule has 0 saturated carbocycles. The van der Waals surface area contributed by atoms with E-state index in [1.807, 2.05) is 6.92 Å². The van der Waals surface area contributed by atoms with Gasteiger partial charge in [0.05, 0.1) is 23.5 Å². The number of hydrogen-bond donors (Lipinski definition) is 3. The fourth-order valence-electron chi connectivity index (χ4n) is 1.90. The largest absolute Gasteiger partial charge is 0.492 e. The number of carbonyl (C=O) groups excluding carboxylic acids is 1. The molecule has 0 aromatic heterocycles. The summed E-state index contributed by atoms with van der Waals surface area (Å²) in [5.74, 6) is 4.74. The summed E-state index contributed by atoms with van der Waals surface area (Å²) in [5.41, 5.74) is 2.78. The highest BCUT2D eigenvalue weighted by molar-refractivity contribution is 6.08. The molecule has 110 valence electrons. The summed E-state index contributed by atoms with van der Waals surface area (Å²) in [6, 6.07) is 11.2. The van der Waals surface area contributed by atoms with Crippen LogP contribution in [-0.2, 0) is 0 Å². The van der Waals surface area contributed by atoms with Gasteiger partial charge in [-0.25, -0.2) is 4.39 Å². The van der Waals surface area contributed by atoms with Crippen LogP contribution in [0.2, 0.25) is 0 Å². The van der Waals surface area contributed by atoms with Crippen molar-refractivity contribution in [2.24, 2.45) is 5.84 Å². The number of nitrogen functional groups attached to an aromatic ring is 1. The van der Waals surface area contributed by atoms with Gasteiger partial charge >= 0.3 is 0 Å². The summed E-state index contributed by atoms with van der Waals surface area (Å²) in [6.07, 6.45) is 0. The lowest BCUT2D eigenvalue weighted by atomic mass is 10.1. The second-order valence-electron chi connectivity index (χ2n) is 4.19. The molecule has 0 aliphatic carbocycles. The Morgan fingerprint density at radius 2 is 2.00 bits per heavy atom. The molecule has 1 amide bonds. The van der Waals surface area contributed by atoms with Crippen molar-refractivity contribution >= 4 is 17.3 Å². The van der Waals surface area contributed by atoms with Crippen LogP contribution >= 0.6 is 0 Å². The highest BCUT2D eigenvalue weighted by Crippen LogP contribution is 2.26. The summed E-state index contributed by atoms with van der Waals surface area (Å²) in [6.45, 7) is 2.32. The number of nitrogens with two attached hydrogens (primary N) is 1. The Balaban J connectivity index is 2.29. The van der Waals surface area contributed by atoms with Gasteiger partial charge in [0.2, 0.25) is 0 Å². The number of anilines is 2. The number of carbonyl (C=O) groups is 1. The van der Waals surface area contributed by atoms with Crippen molar-refractivity contribution in [2.45, 2.75) is 6.92 Å². The predicted molar refractivity (Wildman–Crippen MR) is 79.8 cm³/mol. The first-order valence-electron chi connectivity index (χ1n) is 6.45. The van der Waals surface area contributed by atoms with Gasteiger partial charge in [-0.15, -0.1) is 0 Å². The van der Waals surface area contributed by atoms with Gasteiger partial charge in [0, 0.05) is 0 Å². The lowest BCUT2D eigenvalue weighted by Crippen LogP contribution is -2.18. The number of nitrogens with one attached hydrogen (secondary N) is 2. The SMILES string of the molecule is CCOc1ccccc1NC(=O)c1cccc(F)c1NN. The van der Waals surface area contributed by atoms with Crippen molar-refractivity contribution in [3.63, 3.8) is 0 Å². The van der Waals surface area contributed by atoms with E-state index in [0.717, 1.165) is 0 Å². The van der Waals surface area contributed by atoms with Crippen LogP contribution in [-0.4, -0.2) is 12.5 Å². The number of hydrogen-bond acceptors (Lipinski definition) is 4. The lowest BCUT2D eigenvalue weighted by molar-refractivity contribution is 0.102. The second-order valence-corrected chi connectivity index (χ2v) is 4.19. The molecular formula is C15H16FN3O2. The zero-order valence-electron chi connectivity index (χ0n) is 11.5. The number of halogens is 1. The number of rotatable bonds is 5. The van der Waals surface area contributed by atoms with E-state index >= 15 is 0 Å². The van der Waals surface area contributed by atoms with Gasteiger partial charge in [-0.1, -0.05) is 18.2 Å². The fourth-order valence-corrected chi connectivity index (χ4v) is 1.90. The molecule has 0 spiro atoms. The van der Waals surface area contributed by atoms with E-state index in [1.54, 1.807) is 24.3 Å². The summed E-state index contributed by atoms with van der Waals surface area (Å²) in [4.78, 5) is 12.3. The average molecular weight is 289 g/mol. The monoisotopic (exact) mass is 289 g/mol. The van der Waals surface area contributed by atoms with Crippen molar-refractivity contribution in [3.8, 4) is 5.75 Å². The van der Waals surface area contributed by atoms with Crippen molar-refractivity contribution in [1.29, 1.82) is 0 Å². The Kier molecular flexibility index (Phi) is 4.73. The van der Waals surface area contributed by atoms with Crippen LogP contribution in [0.3, 0.4) is 0 Å². The van der Waals surface area contributed by atoms with Crippen LogP contribution in [0.5, 0.6) is 5.75 Å². The van der Waals surface area contributed by atoms with Gasteiger partial charge in [0.25, 0.3) is 5.91 Å². The first-order valence-corrected chi connectivity index (χ1v) is 6.45. The van der Waals surface area contributed by atoms with E-state index in [9.17, 15) is 9.18 Å². The van der Waals surface area contributed by atoms with Gasteiger partial charge in [-0.05, 0) is 31.2 Å². The molecule has 4 N–H and O–H groups in total. The van der Waals surface area contributed by atoms with Crippen LogP contribution in [0.25, 0.3) is 0 Å². The molecule has 5 nitrogen and oxygen atoms in total. The zero-order valence-corrected chi connectivity index (χ0v) is 11.5. The lowest BCUT2D eigenvalue weighted by Gasteiger charge is -2.13. The van der Waals surface area contributed by atoms with Gasteiger partial charge < -0.3 is 15.5 Å². The van der Waals surface area contributed by atoms with Crippen molar-refractivity contribution in [3.05, 3.63) is 53.8 Å². The topological polar surface area (TPSA) is 76.4 Å². The van der Waals surface area contributed by atoms with E-state index in [1.165, 1.54) is 18.2 Å². The van der Waals surface area contributed by atoms with E-state index in [4.69, 9.17) is 10.6 Å². The number of para-hydroxylation sites is 3. The molecule has 0 saturated heterocycles. The minimum Gasteiger partial charge on any atom is -0.492 e. The maximum Gasteiger partial charge on any atom is 0.258 e. The molecule has 0 heterocycles. The first kappa shape index (κ1) is 14.8. The molecule has 0 aliphatic rings. The molecule has 0 fully saturated rings. The van der Waals surface area contributed by atoms with E-state index < -0.39 is 11.7 Å². The third kappa shape index (κ3) is 3.29. The standard InChI is InChI=1S/C15H16FN3O2/c1-2-21-13-9-4-3-8-12(13)18-15(20)10-6-5-7-11(16)14(10)19-17/h3-9,19H,2,17H2,1H3,(H,18,20). The van der Waals surface area contributed by atoms with Gasteiger partial charge in [-0.3, -0.25) is 10.6 Å².